The number of rotatable bonds is 6. The lowest BCUT2D eigenvalue weighted by Crippen LogP contribution is -2.43. The smallest absolute Gasteiger partial charge is 0.215 e. The van der Waals surface area contributed by atoms with Crippen LogP contribution in [0.15, 0.2) is 24.5 Å². The van der Waals surface area contributed by atoms with Gasteiger partial charge in [-0.1, -0.05) is 6.42 Å². The molecule has 5 nitrogen and oxygen atoms in total. The second-order valence-electron chi connectivity index (χ2n) is 5.35. The van der Waals surface area contributed by atoms with E-state index in [0.717, 1.165) is 37.8 Å². The van der Waals surface area contributed by atoms with Gasteiger partial charge in [-0.3, -0.25) is 4.98 Å². The summed E-state index contributed by atoms with van der Waals surface area (Å²) in [6, 6.07) is 3.95. The number of pyridine rings is 1. The van der Waals surface area contributed by atoms with Crippen molar-refractivity contribution in [3.8, 4) is 0 Å². The molecule has 2 rings (SSSR count). The van der Waals surface area contributed by atoms with Gasteiger partial charge < -0.3 is 5.32 Å². The van der Waals surface area contributed by atoms with Crippen molar-refractivity contribution >= 4 is 10.0 Å². The average Bonchev–Trinajstić information content (AvgIpc) is 2.46. The molecule has 0 radical (unpaired) electrons. The van der Waals surface area contributed by atoms with Crippen molar-refractivity contribution in [3.63, 3.8) is 0 Å². The molecule has 1 atom stereocenters. The van der Waals surface area contributed by atoms with Gasteiger partial charge in [0.25, 0.3) is 0 Å². The molecule has 1 aromatic heterocycles. The highest BCUT2D eigenvalue weighted by molar-refractivity contribution is 7.89. The van der Waals surface area contributed by atoms with E-state index in [0.29, 0.717) is 6.54 Å². The van der Waals surface area contributed by atoms with Crippen LogP contribution in [0.25, 0.3) is 0 Å². The maximum Gasteiger partial charge on any atom is 0.215 e. The predicted molar refractivity (Wildman–Crippen MR) is 80.0 cm³/mol. The zero-order valence-electron chi connectivity index (χ0n) is 12.0. The summed E-state index contributed by atoms with van der Waals surface area (Å²) in [6.07, 6.45) is 7.40. The molecule has 0 spiro atoms. The number of hydrogen-bond donors (Lipinski definition) is 1. The fraction of sp³-hybridized carbons (Fsp3) is 0.643. The van der Waals surface area contributed by atoms with E-state index in [2.05, 4.69) is 10.3 Å². The van der Waals surface area contributed by atoms with Crippen LogP contribution in [0.3, 0.4) is 0 Å². The summed E-state index contributed by atoms with van der Waals surface area (Å²) in [5, 5.41) is 3.29. The topological polar surface area (TPSA) is 62.3 Å². The molecule has 1 aromatic rings. The first kappa shape index (κ1) is 15.4. The van der Waals surface area contributed by atoms with Gasteiger partial charge in [0, 0.05) is 32.0 Å². The molecule has 0 aliphatic carbocycles. The molecule has 2 heterocycles. The molecule has 112 valence electrons. The molecule has 0 saturated carbocycles. The van der Waals surface area contributed by atoms with E-state index in [1.54, 1.807) is 19.4 Å². The summed E-state index contributed by atoms with van der Waals surface area (Å²) >= 11 is 0. The number of aromatic nitrogens is 1. The summed E-state index contributed by atoms with van der Waals surface area (Å²) in [5.41, 5.74) is 1.11. The van der Waals surface area contributed by atoms with Crippen LogP contribution in [0.5, 0.6) is 0 Å². The van der Waals surface area contributed by atoms with Crippen LogP contribution >= 0.6 is 0 Å². The van der Waals surface area contributed by atoms with E-state index in [4.69, 9.17) is 0 Å². The molecule has 0 amide bonds. The Hall–Kier alpha value is -0.980. The van der Waals surface area contributed by atoms with Crippen LogP contribution in [0, 0.1) is 0 Å². The number of nitrogens with one attached hydrogen (secondary N) is 1. The van der Waals surface area contributed by atoms with Crippen LogP contribution in [0.2, 0.25) is 0 Å². The number of likely N-dealkylation sites (N-methyl/N-ethyl adjacent to an activating group) is 1. The van der Waals surface area contributed by atoms with Gasteiger partial charge in [0.05, 0.1) is 5.75 Å². The van der Waals surface area contributed by atoms with Crippen molar-refractivity contribution in [2.75, 3.05) is 25.9 Å². The number of sulfonamides is 1. The van der Waals surface area contributed by atoms with Gasteiger partial charge in [0.15, 0.2) is 0 Å². The van der Waals surface area contributed by atoms with E-state index < -0.39 is 10.0 Å². The standard InChI is InChI=1S/C14H23N3O2S/c1-17(11-7-13-5-9-15-10-6-13)20(18,19)12-14-4-2-3-8-16-14/h5-6,9-10,14,16H,2-4,7-8,11-12H2,1H3. The van der Waals surface area contributed by atoms with Crippen LogP contribution in [-0.4, -0.2) is 49.6 Å². The highest BCUT2D eigenvalue weighted by Crippen LogP contribution is 2.11. The SMILES string of the molecule is CN(CCc1ccncc1)S(=O)(=O)CC1CCCCN1. The van der Waals surface area contributed by atoms with E-state index in [-0.39, 0.29) is 11.8 Å². The minimum atomic E-state index is -3.17. The molecule has 20 heavy (non-hydrogen) atoms. The van der Waals surface area contributed by atoms with Crippen LogP contribution in [0.4, 0.5) is 0 Å². The molecule has 1 fully saturated rings. The van der Waals surface area contributed by atoms with E-state index in [9.17, 15) is 8.42 Å². The summed E-state index contributed by atoms with van der Waals surface area (Å²) in [4.78, 5) is 3.96. The molecular weight excluding hydrogens is 274 g/mol. The highest BCUT2D eigenvalue weighted by atomic mass is 32.2. The maximum atomic E-state index is 12.3. The Labute approximate surface area is 121 Å². The van der Waals surface area contributed by atoms with Crippen LogP contribution in [0.1, 0.15) is 24.8 Å². The lowest BCUT2D eigenvalue weighted by Gasteiger charge is -2.26. The van der Waals surface area contributed by atoms with Gasteiger partial charge in [0.1, 0.15) is 0 Å². The third kappa shape index (κ3) is 4.54. The third-order valence-electron chi connectivity index (χ3n) is 3.76. The molecule has 6 heteroatoms. The molecule has 1 aliphatic heterocycles. The Morgan fingerprint density at radius 2 is 2.10 bits per heavy atom. The second-order valence-corrected chi connectivity index (χ2v) is 7.47. The zero-order valence-corrected chi connectivity index (χ0v) is 12.8. The van der Waals surface area contributed by atoms with E-state index in [1.807, 2.05) is 12.1 Å². The van der Waals surface area contributed by atoms with Crippen LogP contribution < -0.4 is 5.32 Å². The van der Waals surface area contributed by atoms with Gasteiger partial charge in [-0.05, 0) is 43.5 Å². The van der Waals surface area contributed by atoms with Crippen molar-refractivity contribution in [1.82, 2.24) is 14.6 Å². The largest absolute Gasteiger partial charge is 0.313 e. The Balaban J connectivity index is 1.85. The summed E-state index contributed by atoms with van der Waals surface area (Å²) in [6.45, 7) is 1.44. The molecule has 0 bridgehead atoms. The first-order chi connectivity index (χ1) is 9.58. The van der Waals surface area contributed by atoms with Crippen LogP contribution in [-0.2, 0) is 16.4 Å². The summed E-state index contributed by atoms with van der Waals surface area (Å²) in [7, 11) is -1.51. The van der Waals surface area contributed by atoms with Gasteiger partial charge in [-0.2, -0.15) is 0 Å². The van der Waals surface area contributed by atoms with Crippen molar-refractivity contribution in [3.05, 3.63) is 30.1 Å². The van der Waals surface area contributed by atoms with Crippen molar-refractivity contribution < 1.29 is 8.42 Å². The fourth-order valence-corrected chi connectivity index (χ4v) is 3.84. The van der Waals surface area contributed by atoms with Gasteiger partial charge in [0.2, 0.25) is 10.0 Å². The fourth-order valence-electron chi connectivity index (χ4n) is 2.42. The van der Waals surface area contributed by atoms with Crippen molar-refractivity contribution in [2.45, 2.75) is 31.7 Å². The Morgan fingerprint density at radius 1 is 1.35 bits per heavy atom. The average molecular weight is 297 g/mol. The predicted octanol–water partition coefficient (Wildman–Crippen LogP) is 1.03. The Morgan fingerprint density at radius 3 is 2.75 bits per heavy atom. The molecule has 1 aliphatic rings. The molecule has 1 N–H and O–H groups in total. The first-order valence-corrected chi connectivity index (χ1v) is 8.75. The van der Waals surface area contributed by atoms with Crippen molar-refractivity contribution in [2.24, 2.45) is 0 Å². The highest BCUT2D eigenvalue weighted by Gasteiger charge is 2.24. The monoisotopic (exact) mass is 297 g/mol. The molecular formula is C14H23N3O2S. The summed E-state index contributed by atoms with van der Waals surface area (Å²) < 4.78 is 26.1. The van der Waals surface area contributed by atoms with Crippen molar-refractivity contribution in [1.29, 1.82) is 0 Å². The molecule has 0 aromatic carbocycles. The van der Waals surface area contributed by atoms with Gasteiger partial charge in [-0.15, -0.1) is 0 Å². The summed E-state index contributed by atoms with van der Waals surface area (Å²) in [5.74, 6) is 0.208. The van der Waals surface area contributed by atoms with E-state index in [1.165, 1.54) is 4.31 Å². The lowest BCUT2D eigenvalue weighted by atomic mass is 10.1. The quantitative estimate of drug-likeness (QED) is 0.852. The molecule has 1 saturated heterocycles. The Bertz CT molecular complexity index is 498. The lowest BCUT2D eigenvalue weighted by molar-refractivity contribution is 0.409. The minimum Gasteiger partial charge on any atom is -0.313 e. The normalized spacial score (nSPS) is 20.2. The first-order valence-electron chi connectivity index (χ1n) is 7.14. The minimum absolute atomic E-state index is 0.108. The second kappa shape index (κ2) is 7.15. The Kier molecular flexibility index (Phi) is 5.51. The van der Waals surface area contributed by atoms with Gasteiger partial charge in [-0.25, -0.2) is 12.7 Å². The zero-order chi connectivity index (χ0) is 14.4. The van der Waals surface area contributed by atoms with Gasteiger partial charge >= 0.3 is 0 Å². The number of piperidine rings is 1. The number of hydrogen-bond acceptors (Lipinski definition) is 4. The van der Waals surface area contributed by atoms with E-state index >= 15 is 0 Å². The number of nitrogens with zero attached hydrogens (tertiary/aromatic N) is 2. The molecule has 1 unspecified atom stereocenters. The maximum absolute atomic E-state index is 12.3. The third-order valence-corrected chi connectivity index (χ3v) is 5.72.